The first-order valence-corrected chi connectivity index (χ1v) is 13.9. The number of hydrogen-bond donors (Lipinski definition) is 0. The van der Waals surface area contributed by atoms with Gasteiger partial charge in [-0.05, 0) is 46.5 Å². The van der Waals surface area contributed by atoms with E-state index in [1.54, 1.807) is 12.1 Å². The molecule has 0 fully saturated rings. The lowest BCUT2D eigenvalue weighted by Crippen LogP contribution is -1.93. The van der Waals surface area contributed by atoms with E-state index in [1.807, 2.05) is 60.7 Å². The molecule has 11 heteroatoms. The summed E-state index contributed by atoms with van der Waals surface area (Å²) < 4.78 is 0. The zero-order valence-corrected chi connectivity index (χ0v) is 23.5. The minimum Gasteiger partial charge on any atom is -0.236 e. The van der Waals surface area contributed by atoms with Crippen molar-refractivity contribution in [3.8, 4) is 81.4 Å². The van der Waals surface area contributed by atoms with Gasteiger partial charge in [-0.3, -0.25) is 0 Å². The minimum absolute atomic E-state index is 0.0878. The topological polar surface area (TPSA) is 194 Å². The van der Waals surface area contributed by atoms with Crippen molar-refractivity contribution in [2.45, 2.75) is 0 Å². The van der Waals surface area contributed by atoms with E-state index in [1.165, 1.54) is 35.9 Å². The Labute approximate surface area is 259 Å². The van der Waals surface area contributed by atoms with Crippen LogP contribution in [0, 0.1) is 68.0 Å². The number of aromatic nitrogens is 4. The molecule has 0 aliphatic heterocycles. The van der Waals surface area contributed by atoms with Gasteiger partial charge in [0.15, 0.2) is 11.6 Å². The number of fused-ring (bicyclic) bond motifs is 7. The lowest BCUT2D eigenvalue weighted by Gasteiger charge is -2.08. The van der Waals surface area contributed by atoms with Gasteiger partial charge in [-0.25, -0.2) is 19.9 Å². The molecule has 2 aromatic carbocycles. The van der Waals surface area contributed by atoms with E-state index in [9.17, 15) is 31.6 Å². The van der Waals surface area contributed by atoms with Crippen LogP contribution in [-0.4, -0.2) is 19.9 Å². The number of hydrogen-bond acceptors (Lipinski definition) is 11. The van der Waals surface area contributed by atoms with Crippen LogP contribution in [0.4, 0.5) is 0 Å². The molecular formula is C34H10N10S. The van der Waals surface area contributed by atoms with Gasteiger partial charge in [-0.2, -0.15) is 31.6 Å². The Morgan fingerprint density at radius 1 is 0.533 bits per heavy atom. The van der Waals surface area contributed by atoms with Crippen LogP contribution in [0.3, 0.4) is 0 Å². The van der Waals surface area contributed by atoms with Crippen LogP contribution in [0.25, 0.3) is 56.2 Å². The summed E-state index contributed by atoms with van der Waals surface area (Å²) in [6, 6.07) is 26.1. The molecule has 0 radical (unpaired) electrons. The Hall–Kier alpha value is -7.28. The second-order valence-electron chi connectivity index (χ2n) is 9.73. The summed E-state index contributed by atoms with van der Waals surface area (Å²) in [4.78, 5) is 18.6. The molecular weight excluding hydrogens is 581 g/mol. The number of nitriles is 6. The zero-order valence-electron chi connectivity index (χ0n) is 22.7. The Morgan fingerprint density at radius 2 is 0.956 bits per heavy atom. The van der Waals surface area contributed by atoms with Crippen molar-refractivity contribution in [3.05, 3.63) is 104 Å². The summed E-state index contributed by atoms with van der Waals surface area (Å²) in [5, 5.41) is 58.5. The van der Waals surface area contributed by atoms with E-state index in [0.717, 1.165) is 22.3 Å². The van der Waals surface area contributed by atoms with Gasteiger partial charge in [-0.15, -0.1) is 11.3 Å². The molecule has 10 nitrogen and oxygen atoms in total. The predicted octanol–water partition coefficient (Wildman–Crippen LogP) is 6.06. The molecule has 3 heterocycles. The zero-order chi connectivity index (χ0) is 31.2. The van der Waals surface area contributed by atoms with Gasteiger partial charge < -0.3 is 0 Å². The standard InChI is InChI=1S/C34H10N10S/c35-11-19(12-36)27-25-9-17(33-41-7-5-21(15-39)43-33)1-3-23(25)29-30-24-4-2-18(34-42-8-6-22(16-40)44-34)10-26(24)28(20(13-37)14-38)32(30)45-31(27)29/h1-10H. The molecule has 0 atom stereocenters. The van der Waals surface area contributed by atoms with Gasteiger partial charge in [0.1, 0.15) is 58.9 Å². The monoisotopic (exact) mass is 590 g/mol. The summed E-state index contributed by atoms with van der Waals surface area (Å²) in [5.41, 5.74) is 6.68. The molecule has 0 amide bonds. The highest BCUT2D eigenvalue weighted by molar-refractivity contribution is 7.16. The Bertz CT molecular complexity index is 2300. The van der Waals surface area contributed by atoms with Crippen molar-refractivity contribution in [1.29, 1.82) is 31.6 Å². The van der Waals surface area contributed by atoms with Gasteiger partial charge in [-0.1, -0.05) is 24.3 Å². The van der Waals surface area contributed by atoms with Crippen LogP contribution >= 0.6 is 11.3 Å². The fourth-order valence-electron chi connectivity index (χ4n) is 5.65. The van der Waals surface area contributed by atoms with Gasteiger partial charge in [0, 0.05) is 55.5 Å². The maximum atomic E-state index is 9.98. The Morgan fingerprint density at radius 3 is 1.33 bits per heavy atom. The summed E-state index contributed by atoms with van der Waals surface area (Å²) in [7, 11) is 0. The van der Waals surface area contributed by atoms with E-state index in [0.29, 0.717) is 54.8 Å². The van der Waals surface area contributed by atoms with Crippen LogP contribution in [0.5, 0.6) is 0 Å². The normalized spacial score (nSPS) is 11.3. The highest BCUT2D eigenvalue weighted by atomic mass is 32.1. The van der Waals surface area contributed by atoms with Crippen LogP contribution in [0.15, 0.2) is 72.1 Å². The van der Waals surface area contributed by atoms with Crippen molar-refractivity contribution in [2.24, 2.45) is 0 Å². The fourth-order valence-corrected chi connectivity index (χ4v) is 7.11. The second kappa shape index (κ2) is 10.2. The smallest absolute Gasteiger partial charge is 0.160 e. The average Bonchev–Trinajstić information content (AvgIpc) is 3.72. The maximum absolute atomic E-state index is 9.98. The fraction of sp³-hybridized carbons (Fsp3) is 0. The summed E-state index contributed by atoms with van der Waals surface area (Å²) in [6.07, 6.45) is 2.99. The molecule has 202 valence electrons. The van der Waals surface area contributed by atoms with E-state index >= 15 is 0 Å². The van der Waals surface area contributed by atoms with Gasteiger partial charge >= 0.3 is 0 Å². The largest absolute Gasteiger partial charge is 0.236 e. The van der Waals surface area contributed by atoms with E-state index in [2.05, 4.69) is 19.9 Å². The molecule has 2 aliphatic carbocycles. The van der Waals surface area contributed by atoms with Gasteiger partial charge in [0.2, 0.25) is 0 Å². The first-order valence-electron chi connectivity index (χ1n) is 13.1. The molecule has 0 N–H and O–H groups in total. The van der Waals surface area contributed by atoms with Crippen molar-refractivity contribution in [2.75, 3.05) is 0 Å². The molecule has 2 aliphatic rings. The van der Waals surface area contributed by atoms with E-state index < -0.39 is 0 Å². The second-order valence-corrected chi connectivity index (χ2v) is 10.8. The SMILES string of the molecule is N#CC(C#N)=C1c2cc(-c3nccc(C#N)n3)ccc2-c2c1sc1c2-c2ccc(-c3nccc(C#N)n3)cc2C1=C(C#N)C#N. The number of rotatable bonds is 2. The van der Waals surface area contributed by atoms with Crippen molar-refractivity contribution in [3.63, 3.8) is 0 Å². The molecule has 5 aromatic rings. The van der Waals surface area contributed by atoms with Crippen LogP contribution in [-0.2, 0) is 0 Å². The maximum Gasteiger partial charge on any atom is 0.160 e. The molecule has 0 unspecified atom stereocenters. The third-order valence-electron chi connectivity index (χ3n) is 7.48. The summed E-state index contributed by atoms with van der Waals surface area (Å²) in [6.45, 7) is 0. The highest BCUT2D eigenvalue weighted by Gasteiger charge is 2.39. The van der Waals surface area contributed by atoms with Crippen LogP contribution < -0.4 is 0 Å². The number of thiophene rings is 1. The number of benzene rings is 2. The number of nitrogens with zero attached hydrogens (tertiary/aromatic N) is 10. The summed E-state index contributed by atoms with van der Waals surface area (Å²) >= 11 is 1.31. The molecule has 0 saturated heterocycles. The average molecular weight is 591 g/mol. The summed E-state index contributed by atoms with van der Waals surface area (Å²) in [5.74, 6) is 0.649. The molecule has 45 heavy (non-hydrogen) atoms. The lowest BCUT2D eigenvalue weighted by atomic mass is 9.96. The molecule has 3 aromatic heterocycles. The molecule has 0 saturated carbocycles. The van der Waals surface area contributed by atoms with Crippen molar-refractivity contribution < 1.29 is 0 Å². The number of allylic oxidation sites excluding steroid dienone is 2. The molecule has 0 spiro atoms. The quantitative estimate of drug-likeness (QED) is 0.213. The molecule has 0 bridgehead atoms. The van der Waals surface area contributed by atoms with E-state index in [-0.39, 0.29) is 22.5 Å². The van der Waals surface area contributed by atoms with Crippen molar-refractivity contribution >= 4 is 22.5 Å². The lowest BCUT2D eigenvalue weighted by molar-refractivity contribution is 1.15. The first kappa shape index (κ1) is 26.6. The third kappa shape index (κ3) is 3.89. The van der Waals surface area contributed by atoms with Gasteiger partial charge in [0.05, 0.1) is 0 Å². The highest BCUT2D eigenvalue weighted by Crippen LogP contribution is 2.61. The van der Waals surface area contributed by atoms with Crippen LogP contribution in [0.2, 0.25) is 0 Å². The van der Waals surface area contributed by atoms with Crippen molar-refractivity contribution in [1.82, 2.24) is 19.9 Å². The first-order chi connectivity index (χ1) is 22.0. The minimum atomic E-state index is -0.0878. The predicted molar refractivity (Wildman–Crippen MR) is 161 cm³/mol. The van der Waals surface area contributed by atoms with Gasteiger partial charge in [0.25, 0.3) is 0 Å². The van der Waals surface area contributed by atoms with Crippen LogP contribution in [0.1, 0.15) is 32.3 Å². The molecule has 7 rings (SSSR count). The van der Waals surface area contributed by atoms with E-state index in [4.69, 9.17) is 0 Å². The Kier molecular flexibility index (Phi) is 6.04. The Balaban J connectivity index is 1.51. The third-order valence-corrected chi connectivity index (χ3v) is 8.71.